The number of hydrogen-bond acceptors (Lipinski definition) is 5. The predicted octanol–water partition coefficient (Wildman–Crippen LogP) is 4.76. The number of benzene rings is 2. The van der Waals surface area contributed by atoms with E-state index in [1.807, 2.05) is 51.1 Å². The summed E-state index contributed by atoms with van der Waals surface area (Å²) in [5.74, 6) is 1.57. The third-order valence-corrected chi connectivity index (χ3v) is 6.08. The van der Waals surface area contributed by atoms with E-state index in [2.05, 4.69) is 5.32 Å². The Morgan fingerprint density at radius 2 is 1.62 bits per heavy atom. The second-order valence-electron chi connectivity index (χ2n) is 8.07. The van der Waals surface area contributed by atoms with Gasteiger partial charge in [0.05, 0.1) is 7.11 Å². The van der Waals surface area contributed by atoms with E-state index in [0.29, 0.717) is 29.7 Å². The number of ether oxygens (including phenoxy) is 1. The first-order valence-corrected chi connectivity index (χ1v) is 10.7. The van der Waals surface area contributed by atoms with Gasteiger partial charge < -0.3 is 18.9 Å². The predicted molar refractivity (Wildman–Crippen MR) is 124 cm³/mol. The fraction of sp³-hybridized carbons (Fsp3) is 0.308. The van der Waals surface area contributed by atoms with Crippen molar-refractivity contribution in [1.82, 2.24) is 5.32 Å². The second kappa shape index (κ2) is 8.91. The van der Waals surface area contributed by atoms with Gasteiger partial charge >= 0.3 is 5.63 Å². The highest BCUT2D eigenvalue weighted by Crippen LogP contribution is 2.31. The first kappa shape index (κ1) is 21.7. The topological polar surface area (TPSA) is 81.7 Å². The molecule has 0 bridgehead atoms. The maximum Gasteiger partial charge on any atom is 0.339 e. The van der Waals surface area contributed by atoms with Crippen LogP contribution in [0.4, 0.5) is 0 Å². The van der Waals surface area contributed by atoms with Crippen molar-refractivity contribution >= 4 is 27.8 Å². The molecule has 0 radical (unpaired) electrons. The highest BCUT2D eigenvalue weighted by Gasteiger charge is 2.16. The Bertz CT molecular complexity index is 1350. The summed E-state index contributed by atoms with van der Waals surface area (Å²) in [4.78, 5) is 24.9. The molecule has 0 aliphatic heterocycles. The van der Waals surface area contributed by atoms with Crippen LogP contribution in [0.2, 0.25) is 0 Å². The minimum atomic E-state index is -0.402. The molecule has 166 valence electrons. The van der Waals surface area contributed by atoms with Gasteiger partial charge in [-0.25, -0.2) is 4.79 Å². The van der Waals surface area contributed by atoms with Crippen LogP contribution in [0.3, 0.4) is 0 Å². The van der Waals surface area contributed by atoms with Gasteiger partial charge in [-0.3, -0.25) is 4.79 Å². The quantitative estimate of drug-likeness (QED) is 0.425. The molecule has 4 aromatic rings. The van der Waals surface area contributed by atoms with Gasteiger partial charge in [-0.15, -0.1) is 0 Å². The molecular formula is C26H27NO5. The molecule has 6 heteroatoms. The van der Waals surface area contributed by atoms with Crippen LogP contribution in [0, 0.1) is 20.8 Å². The smallest absolute Gasteiger partial charge is 0.339 e. The van der Waals surface area contributed by atoms with E-state index in [-0.39, 0.29) is 12.3 Å². The summed E-state index contributed by atoms with van der Waals surface area (Å²) < 4.78 is 16.5. The van der Waals surface area contributed by atoms with E-state index in [9.17, 15) is 9.59 Å². The van der Waals surface area contributed by atoms with Gasteiger partial charge in [0.15, 0.2) is 0 Å². The fourth-order valence-electron chi connectivity index (χ4n) is 3.98. The van der Waals surface area contributed by atoms with Crippen molar-refractivity contribution in [3.8, 4) is 5.75 Å². The lowest BCUT2D eigenvalue weighted by Gasteiger charge is -2.09. The Kier molecular flexibility index (Phi) is 6.04. The molecule has 0 saturated carbocycles. The molecule has 0 spiro atoms. The number of aryl methyl sites for hydroxylation is 3. The molecule has 1 amide bonds. The Morgan fingerprint density at radius 1 is 0.938 bits per heavy atom. The average Bonchev–Trinajstić information content (AvgIpc) is 3.05. The molecule has 6 nitrogen and oxygen atoms in total. The first-order valence-electron chi connectivity index (χ1n) is 10.7. The Morgan fingerprint density at radius 3 is 2.34 bits per heavy atom. The van der Waals surface area contributed by atoms with Gasteiger partial charge in [0, 0.05) is 35.4 Å². The van der Waals surface area contributed by atoms with Crippen LogP contribution >= 0.6 is 0 Å². The normalized spacial score (nSPS) is 11.2. The summed E-state index contributed by atoms with van der Waals surface area (Å²) in [7, 11) is 1.63. The number of fused-ring (bicyclic) bond motifs is 2. The lowest BCUT2D eigenvalue weighted by atomic mass is 10.0. The summed E-state index contributed by atoms with van der Waals surface area (Å²) >= 11 is 0. The van der Waals surface area contributed by atoms with Gasteiger partial charge in [-0.1, -0.05) is 12.1 Å². The van der Waals surface area contributed by atoms with Crippen molar-refractivity contribution in [3.63, 3.8) is 0 Å². The minimum Gasteiger partial charge on any atom is -0.497 e. The van der Waals surface area contributed by atoms with Gasteiger partial charge in [0.1, 0.15) is 22.7 Å². The summed E-state index contributed by atoms with van der Waals surface area (Å²) in [6.45, 7) is 6.37. The van der Waals surface area contributed by atoms with Gasteiger partial charge in [0.2, 0.25) is 5.91 Å². The maximum absolute atomic E-state index is 12.6. The van der Waals surface area contributed by atoms with Crippen molar-refractivity contribution in [2.75, 3.05) is 13.7 Å². The molecule has 0 aliphatic carbocycles. The van der Waals surface area contributed by atoms with Crippen LogP contribution < -0.4 is 15.7 Å². The van der Waals surface area contributed by atoms with Crippen molar-refractivity contribution in [1.29, 1.82) is 0 Å². The third-order valence-electron chi connectivity index (χ3n) is 6.08. The molecule has 1 N–H and O–H groups in total. The third kappa shape index (κ3) is 4.26. The van der Waals surface area contributed by atoms with Crippen LogP contribution in [0.25, 0.3) is 21.9 Å². The van der Waals surface area contributed by atoms with Crippen molar-refractivity contribution in [2.24, 2.45) is 0 Å². The zero-order chi connectivity index (χ0) is 22.8. The number of rotatable bonds is 7. The largest absolute Gasteiger partial charge is 0.497 e. The highest BCUT2D eigenvalue weighted by molar-refractivity contribution is 5.96. The number of carbonyl (C=O) groups is 1. The molecule has 2 aromatic heterocycles. The highest BCUT2D eigenvalue weighted by atomic mass is 16.5. The number of furan rings is 1. The van der Waals surface area contributed by atoms with Crippen molar-refractivity contribution in [3.05, 3.63) is 74.8 Å². The van der Waals surface area contributed by atoms with E-state index in [1.165, 1.54) is 0 Å². The van der Waals surface area contributed by atoms with E-state index in [0.717, 1.165) is 45.4 Å². The summed E-state index contributed by atoms with van der Waals surface area (Å²) in [6, 6.07) is 11.5. The maximum atomic E-state index is 12.6. The lowest BCUT2D eigenvalue weighted by molar-refractivity contribution is -0.121. The summed E-state index contributed by atoms with van der Waals surface area (Å²) in [5.41, 5.74) is 4.39. The second-order valence-corrected chi connectivity index (χ2v) is 8.07. The summed E-state index contributed by atoms with van der Waals surface area (Å²) in [6.07, 6.45) is 1.29. The van der Waals surface area contributed by atoms with Gasteiger partial charge in [-0.2, -0.15) is 0 Å². The van der Waals surface area contributed by atoms with Crippen LogP contribution in [-0.2, 0) is 17.6 Å². The van der Waals surface area contributed by atoms with E-state index < -0.39 is 5.63 Å². The Hall–Kier alpha value is -3.54. The molecule has 0 fully saturated rings. The molecule has 4 rings (SSSR count). The van der Waals surface area contributed by atoms with Crippen molar-refractivity contribution in [2.45, 2.75) is 40.0 Å². The molecule has 0 atom stereocenters. The zero-order valence-electron chi connectivity index (χ0n) is 18.8. The SMILES string of the molecule is COc1ccc(CCNC(=O)CCc2c(C)c3cc4c(C)c(C)oc4cc3oc2=O)cc1. The number of carbonyl (C=O) groups excluding carboxylic acids is 1. The van der Waals surface area contributed by atoms with E-state index in [1.54, 1.807) is 13.2 Å². The van der Waals surface area contributed by atoms with Crippen LogP contribution in [-0.4, -0.2) is 19.6 Å². The fourth-order valence-corrected chi connectivity index (χ4v) is 3.98. The Balaban J connectivity index is 1.43. The number of methoxy groups -OCH3 is 1. The number of hydrogen-bond donors (Lipinski definition) is 1. The van der Waals surface area contributed by atoms with Gasteiger partial charge in [-0.05, 0) is 68.5 Å². The molecule has 0 aliphatic rings. The average molecular weight is 434 g/mol. The molecular weight excluding hydrogens is 406 g/mol. The molecule has 2 heterocycles. The Labute approximate surface area is 186 Å². The summed E-state index contributed by atoms with van der Waals surface area (Å²) in [5, 5.41) is 4.80. The zero-order valence-corrected chi connectivity index (χ0v) is 18.8. The van der Waals surface area contributed by atoms with Crippen molar-refractivity contribution < 1.29 is 18.4 Å². The van der Waals surface area contributed by atoms with Crippen LogP contribution in [0.15, 0.2) is 50.0 Å². The standard InChI is InChI=1S/C26H27NO5/c1-15-17(3)31-23-14-24-22(13-21(15)23)16(2)20(26(29)32-24)9-10-25(28)27-12-11-18-5-7-19(30-4)8-6-18/h5-8,13-14H,9-12H2,1-4H3,(H,27,28). The number of amides is 1. The van der Waals surface area contributed by atoms with E-state index >= 15 is 0 Å². The molecule has 0 unspecified atom stereocenters. The van der Waals surface area contributed by atoms with Gasteiger partial charge in [0.25, 0.3) is 0 Å². The molecule has 0 saturated heterocycles. The monoisotopic (exact) mass is 433 g/mol. The minimum absolute atomic E-state index is 0.0887. The number of nitrogens with one attached hydrogen (secondary N) is 1. The lowest BCUT2D eigenvalue weighted by Crippen LogP contribution is -2.26. The van der Waals surface area contributed by atoms with Crippen LogP contribution in [0.5, 0.6) is 5.75 Å². The first-order chi connectivity index (χ1) is 15.4. The molecule has 2 aromatic carbocycles. The van der Waals surface area contributed by atoms with Crippen LogP contribution in [0.1, 0.15) is 34.4 Å². The van der Waals surface area contributed by atoms with E-state index in [4.69, 9.17) is 13.6 Å². The molecule has 32 heavy (non-hydrogen) atoms.